The number of aliphatic hydroxyl groups is 5. The van der Waals surface area contributed by atoms with Gasteiger partial charge < -0.3 is 45.1 Å². The average molecular weight is 1340 g/mol. The molecule has 0 bridgehead atoms. The van der Waals surface area contributed by atoms with Crippen LogP contribution in [0.4, 0.5) is 0 Å². The zero-order valence-corrected chi connectivity index (χ0v) is 61.9. The van der Waals surface area contributed by atoms with Crippen molar-refractivity contribution in [2.45, 2.75) is 429 Å². The van der Waals surface area contributed by atoms with Gasteiger partial charge in [0, 0.05) is 12.8 Å². The van der Waals surface area contributed by atoms with Crippen LogP contribution in [-0.4, -0.2) is 100 Å². The molecule has 0 radical (unpaired) electrons. The highest BCUT2D eigenvalue weighted by atomic mass is 16.7. The summed E-state index contributed by atoms with van der Waals surface area (Å²) in [6.45, 7) is 4.30. The summed E-state index contributed by atoms with van der Waals surface area (Å²) in [6.07, 6.45) is 89.4. The zero-order chi connectivity index (χ0) is 68.6. The third-order valence-electron chi connectivity index (χ3n) is 19.0. The van der Waals surface area contributed by atoms with Crippen LogP contribution in [0.15, 0.2) is 72.9 Å². The summed E-state index contributed by atoms with van der Waals surface area (Å²) in [5.41, 5.74) is 0. The van der Waals surface area contributed by atoms with E-state index in [2.05, 4.69) is 79.9 Å². The Kier molecular flexibility index (Phi) is 68.6. The molecular weight excluding hydrogens is 1180 g/mol. The highest BCUT2D eigenvalue weighted by Crippen LogP contribution is 2.24. The van der Waals surface area contributed by atoms with E-state index in [0.29, 0.717) is 19.4 Å². The van der Waals surface area contributed by atoms with E-state index in [1.54, 1.807) is 6.08 Å². The first-order valence-electron chi connectivity index (χ1n) is 40.7. The summed E-state index contributed by atoms with van der Waals surface area (Å²) in [7, 11) is 0. The van der Waals surface area contributed by atoms with E-state index in [4.69, 9.17) is 14.2 Å². The molecule has 1 rings (SSSR count). The molecule has 0 aliphatic carbocycles. The summed E-state index contributed by atoms with van der Waals surface area (Å²) in [5, 5.41) is 54.6. The topological polar surface area (TPSA) is 175 Å². The van der Waals surface area contributed by atoms with Crippen LogP contribution in [0.2, 0.25) is 0 Å². The van der Waals surface area contributed by atoms with Crippen molar-refractivity contribution in [3.05, 3.63) is 72.9 Å². The van der Waals surface area contributed by atoms with Gasteiger partial charge in [-0.05, 0) is 103 Å². The molecule has 1 amide bonds. The zero-order valence-electron chi connectivity index (χ0n) is 61.9. The molecule has 7 atom stereocenters. The Labute approximate surface area is 585 Å². The number of aliphatic hydroxyl groups excluding tert-OH is 5. The predicted molar refractivity (Wildman–Crippen MR) is 403 cm³/mol. The van der Waals surface area contributed by atoms with Crippen molar-refractivity contribution in [2.24, 2.45) is 0 Å². The van der Waals surface area contributed by atoms with Crippen LogP contribution in [0.1, 0.15) is 386 Å². The van der Waals surface area contributed by atoms with E-state index < -0.39 is 49.5 Å². The van der Waals surface area contributed by atoms with Gasteiger partial charge in [0.15, 0.2) is 6.29 Å². The number of hydrogen-bond acceptors (Lipinski definition) is 10. The fourth-order valence-electron chi connectivity index (χ4n) is 12.6. The number of amides is 1. The largest absolute Gasteiger partial charge is 0.466 e. The van der Waals surface area contributed by atoms with E-state index >= 15 is 0 Å². The fraction of sp³-hybridized carbons (Fsp3) is 0.833. The van der Waals surface area contributed by atoms with E-state index in [-0.39, 0.29) is 18.5 Å². The summed E-state index contributed by atoms with van der Waals surface area (Å²) in [5.74, 6) is -0.188. The van der Waals surface area contributed by atoms with Crippen LogP contribution in [-0.2, 0) is 23.8 Å². The normalized spacial score (nSPS) is 17.7. The Morgan fingerprint density at radius 1 is 0.389 bits per heavy atom. The molecule has 6 N–H and O–H groups in total. The Bertz CT molecular complexity index is 1810. The van der Waals surface area contributed by atoms with Gasteiger partial charge in [-0.15, -0.1) is 0 Å². The number of carbonyl (C=O) groups is 2. The van der Waals surface area contributed by atoms with Gasteiger partial charge in [-0.3, -0.25) is 9.59 Å². The fourth-order valence-corrected chi connectivity index (χ4v) is 12.6. The monoisotopic (exact) mass is 1340 g/mol. The van der Waals surface area contributed by atoms with Gasteiger partial charge in [0.25, 0.3) is 0 Å². The van der Waals surface area contributed by atoms with E-state index in [0.717, 1.165) is 70.6 Å². The number of esters is 1. The van der Waals surface area contributed by atoms with Crippen LogP contribution in [0.5, 0.6) is 0 Å². The maximum atomic E-state index is 13.1. The van der Waals surface area contributed by atoms with E-state index in [1.165, 1.54) is 289 Å². The lowest BCUT2D eigenvalue weighted by atomic mass is 9.99. The average Bonchev–Trinajstić information content (AvgIpc) is 0.849. The molecule has 1 fully saturated rings. The molecule has 11 heteroatoms. The highest BCUT2D eigenvalue weighted by Gasteiger charge is 2.44. The molecule has 0 aromatic heterocycles. The molecule has 11 nitrogen and oxygen atoms in total. The Morgan fingerprint density at radius 3 is 1.15 bits per heavy atom. The summed E-state index contributed by atoms with van der Waals surface area (Å²) in [4.78, 5) is 25.2. The molecule has 1 heterocycles. The SMILES string of the molecule is CCC/C=C\C/C=C\CCCCCCCC(=O)OCCCCCCCCCCCCCCCCC/C=C\C/C=C\CCCCCCCCCCCCCCCCCCCC(=O)NC(COC1OC(CO)C(O)C(O)C1O)C(O)/C=C/CC/C=C/CCCCCCCCCCC. The maximum absolute atomic E-state index is 13.1. The van der Waals surface area contributed by atoms with Crippen LogP contribution in [0.3, 0.4) is 0 Å². The van der Waals surface area contributed by atoms with Gasteiger partial charge >= 0.3 is 5.97 Å². The van der Waals surface area contributed by atoms with Crippen molar-refractivity contribution < 1.29 is 49.3 Å². The molecule has 7 unspecified atom stereocenters. The molecule has 0 saturated carbocycles. The van der Waals surface area contributed by atoms with Crippen LogP contribution in [0.25, 0.3) is 0 Å². The number of carbonyl (C=O) groups excluding carboxylic acids is 2. The first-order chi connectivity index (χ1) is 46.7. The number of hydrogen-bond donors (Lipinski definition) is 6. The lowest BCUT2D eigenvalue weighted by Crippen LogP contribution is -2.60. The van der Waals surface area contributed by atoms with Gasteiger partial charge in [-0.2, -0.15) is 0 Å². The maximum Gasteiger partial charge on any atom is 0.305 e. The number of ether oxygens (including phenoxy) is 3. The third kappa shape index (κ3) is 60.8. The number of nitrogens with one attached hydrogen (secondary N) is 1. The minimum absolute atomic E-state index is 0.00107. The first kappa shape index (κ1) is 90.1. The number of allylic oxidation sites excluding steroid dienone is 11. The second-order valence-corrected chi connectivity index (χ2v) is 28.1. The second kappa shape index (κ2) is 72.4. The van der Waals surface area contributed by atoms with E-state index in [9.17, 15) is 35.1 Å². The summed E-state index contributed by atoms with van der Waals surface area (Å²) in [6, 6.07) is -0.827. The smallest absolute Gasteiger partial charge is 0.305 e. The summed E-state index contributed by atoms with van der Waals surface area (Å²) >= 11 is 0. The molecule has 1 saturated heterocycles. The molecular formula is C84H153NO10. The molecule has 1 aliphatic rings. The molecule has 95 heavy (non-hydrogen) atoms. The van der Waals surface area contributed by atoms with Crippen LogP contribution < -0.4 is 5.32 Å². The lowest BCUT2D eigenvalue weighted by molar-refractivity contribution is -0.302. The highest BCUT2D eigenvalue weighted by molar-refractivity contribution is 5.76. The molecule has 554 valence electrons. The molecule has 0 aromatic rings. The minimum atomic E-state index is -1.58. The Balaban J connectivity index is 1.93. The molecule has 1 aliphatic heterocycles. The second-order valence-electron chi connectivity index (χ2n) is 28.1. The minimum Gasteiger partial charge on any atom is -0.466 e. The van der Waals surface area contributed by atoms with Crippen molar-refractivity contribution in [2.75, 3.05) is 19.8 Å². The standard InChI is InChI=1S/C84H153NO10/c1-3-5-7-9-11-13-15-17-43-47-50-54-58-62-66-70-77(87)76(75-94-84-83(92)82(91)81(90)78(74-86)95-84)85-79(88)71-67-63-59-55-51-48-44-41-39-37-35-33-31-29-27-25-23-21-19-18-20-22-24-26-28-30-32-34-36-38-40-42-45-49-53-57-61-65-69-73-93-80(89)72-68-64-60-56-52-46-16-14-12-10-8-6-4-2/h8,10,14,16,18-19,22,24,50,54,66,70,76-78,81-84,86-87,90-92H,3-7,9,11-13,15,17,20-21,23,25-49,51-53,55-65,67-69,71-75H2,1-2H3,(H,85,88)/b10-8-,16-14-,19-18-,24-22-,54-50+,70-66+. The Morgan fingerprint density at radius 2 is 0.737 bits per heavy atom. The van der Waals surface area contributed by atoms with Gasteiger partial charge in [0.2, 0.25) is 5.91 Å². The first-order valence-corrected chi connectivity index (χ1v) is 40.7. The van der Waals surface area contributed by atoms with Gasteiger partial charge in [0.05, 0.1) is 32.0 Å². The van der Waals surface area contributed by atoms with Crippen LogP contribution in [0, 0.1) is 0 Å². The predicted octanol–water partition coefficient (Wildman–Crippen LogP) is 22.2. The van der Waals surface area contributed by atoms with Crippen molar-refractivity contribution in [1.82, 2.24) is 5.32 Å². The molecule has 0 aromatic carbocycles. The quantitative estimate of drug-likeness (QED) is 0.0195. The molecule has 0 spiro atoms. The summed E-state index contributed by atoms with van der Waals surface area (Å²) < 4.78 is 16.8. The lowest BCUT2D eigenvalue weighted by Gasteiger charge is -2.40. The number of unbranched alkanes of at least 4 members (excludes halogenated alkanes) is 48. The van der Waals surface area contributed by atoms with Gasteiger partial charge in [-0.1, -0.05) is 344 Å². The third-order valence-corrected chi connectivity index (χ3v) is 19.0. The van der Waals surface area contributed by atoms with Crippen molar-refractivity contribution in [1.29, 1.82) is 0 Å². The van der Waals surface area contributed by atoms with Crippen molar-refractivity contribution in [3.8, 4) is 0 Å². The van der Waals surface area contributed by atoms with E-state index in [1.807, 2.05) is 6.08 Å². The Hall–Kier alpha value is -2.90. The van der Waals surface area contributed by atoms with Crippen LogP contribution >= 0.6 is 0 Å². The number of rotatable bonds is 72. The van der Waals surface area contributed by atoms with Gasteiger partial charge in [-0.25, -0.2) is 0 Å². The van der Waals surface area contributed by atoms with Gasteiger partial charge in [0.1, 0.15) is 24.4 Å². The van der Waals surface area contributed by atoms with Crippen molar-refractivity contribution in [3.63, 3.8) is 0 Å². The van der Waals surface area contributed by atoms with Crippen molar-refractivity contribution >= 4 is 11.9 Å².